The highest BCUT2D eigenvalue weighted by Crippen LogP contribution is 2.10. The number of aromatic nitrogens is 4. The summed E-state index contributed by atoms with van der Waals surface area (Å²) < 4.78 is 18.9. The second-order valence-corrected chi connectivity index (χ2v) is 2.56. The molecule has 2 aromatic rings. The Morgan fingerprint density at radius 2 is 2.29 bits per heavy atom. The van der Waals surface area contributed by atoms with E-state index in [-0.39, 0.29) is 0 Å². The van der Waals surface area contributed by atoms with Crippen LogP contribution in [0.15, 0.2) is 24.7 Å². The number of halogens is 1. The minimum absolute atomic E-state index is 0.360. The van der Waals surface area contributed by atoms with Crippen LogP contribution in [-0.2, 0) is 0 Å². The Labute approximate surface area is 79.1 Å². The lowest BCUT2D eigenvalue weighted by atomic mass is 10.4. The highest BCUT2D eigenvalue weighted by Gasteiger charge is 2.02. The minimum atomic E-state index is -0.402. The van der Waals surface area contributed by atoms with Crippen LogP contribution >= 0.6 is 0 Å². The first kappa shape index (κ1) is 8.61. The van der Waals surface area contributed by atoms with Crippen LogP contribution in [0.4, 0.5) is 4.39 Å². The number of methoxy groups -OCH3 is 1. The van der Waals surface area contributed by atoms with Crippen LogP contribution in [0, 0.1) is 5.82 Å². The first-order chi connectivity index (χ1) is 6.79. The molecule has 0 radical (unpaired) electrons. The lowest BCUT2D eigenvalue weighted by Gasteiger charge is -2.01. The van der Waals surface area contributed by atoms with Gasteiger partial charge in [0.2, 0.25) is 5.88 Å². The molecule has 0 N–H and O–H groups in total. The molecule has 0 bridgehead atoms. The monoisotopic (exact) mass is 194 g/mol. The van der Waals surface area contributed by atoms with Crippen molar-refractivity contribution in [2.75, 3.05) is 7.11 Å². The van der Waals surface area contributed by atoms with Crippen molar-refractivity contribution < 1.29 is 9.13 Å². The van der Waals surface area contributed by atoms with Gasteiger partial charge in [0.15, 0.2) is 5.82 Å². The Bertz CT molecular complexity index is 442. The largest absolute Gasteiger partial charge is 0.480 e. The van der Waals surface area contributed by atoms with Gasteiger partial charge in [-0.25, -0.2) is 9.07 Å². The second-order valence-electron chi connectivity index (χ2n) is 2.56. The third-order valence-electron chi connectivity index (χ3n) is 1.64. The van der Waals surface area contributed by atoms with Gasteiger partial charge in [0, 0.05) is 6.07 Å². The molecule has 0 amide bonds. The fourth-order valence-electron chi connectivity index (χ4n) is 1.00. The average molecular weight is 194 g/mol. The molecule has 0 fully saturated rings. The van der Waals surface area contributed by atoms with Gasteiger partial charge < -0.3 is 4.74 Å². The molecule has 14 heavy (non-hydrogen) atoms. The van der Waals surface area contributed by atoms with Crippen LogP contribution in [0.5, 0.6) is 5.88 Å². The van der Waals surface area contributed by atoms with Crippen molar-refractivity contribution in [3.63, 3.8) is 0 Å². The molecule has 2 aromatic heterocycles. The molecular formula is C8H7FN4O. The van der Waals surface area contributed by atoms with Gasteiger partial charge in [-0.05, 0) is 0 Å². The van der Waals surface area contributed by atoms with E-state index in [2.05, 4.69) is 15.3 Å². The third-order valence-corrected chi connectivity index (χ3v) is 1.64. The highest BCUT2D eigenvalue weighted by molar-refractivity contribution is 5.30. The first-order valence-corrected chi connectivity index (χ1v) is 3.87. The molecule has 0 aliphatic heterocycles. The van der Waals surface area contributed by atoms with Crippen molar-refractivity contribution in [1.82, 2.24) is 20.0 Å². The van der Waals surface area contributed by atoms with Crippen molar-refractivity contribution in [3.05, 3.63) is 30.5 Å². The van der Waals surface area contributed by atoms with Gasteiger partial charge in [-0.2, -0.15) is 10.2 Å². The molecule has 2 heterocycles. The van der Waals surface area contributed by atoms with E-state index in [9.17, 15) is 4.39 Å². The molecule has 0 aliphatic rings. The van der Waals surface area contributed by atoms with Crippen LogP contribution in [0.3, 0.4) is 0 Å². The van der Waals surface area contributed by atoms with Crippen molar-refractivity contribution in [2.24, 2.45) is 0 Å². The van der Waals surface area contributed by atoms with E-state index >= 15 is 0 Å². The molecule has 72 valence electrons. The molecule has 0 aromatic carbocycles. The van der Waals surface area contributed by atoms with Crippen LogP contribution in [0.1, 0.15) is 0 Å². The summed E-state index contributed by atoms with van der Waals surface area (Å²) in [6, 6.07) is 1.61. The summed E-state index contributed by atoms with van der Waals surface area (Å²) in [5.74, 6) is -0.0424. The van der Waals surface area contributed by atoms with Gasteiger partial charge >= 0.3 is 0 Å². The van der Waals surface area contributed by atoms with Crippen molar-refractivity contribution in [2.45, 2.75) is 0 Å². The molecule has 2 rings (SSSR count). The molecule has 0 saturated carbocycles. The number of nitrogens with zero attached hydrogens (tertiary/aromatic N) is 4. The summed E-state index contributed by atoms with van der Waals surface area (Å²) in [6.45, 7) is 0. The Balaban J connectivity index is 2.41. The quantitative estimate of drug-likeness (QED) is 0.709. The minimum Gasteiger partial charge on any atom is -0.480 e. The summed E-state index contributed by atoms with van der Waals surface area (Å²) in [6.07, 6.45) is 3.83. The summed E-state index contributed by atoms with van der Waals surface area (Å²) in [5.41, 5.74) is 0.598. The molecule has 0 unspecified atom stereocenters. The lowest BCUT2D eigenvalue weighted by Crippen LogP contribution is -1.98. The standard InChI is InChI=1S/C8H7FN4O/c1-14-8-2-7(4-10-12-8)13-5-6(9)3-11-13/h2-5H,1H3. The average Bonchev–Trinajstić information content (AvgIpc) is 2.65. The van der Waals surface area contributed by atoms with Gasteiger partial charge in [-0.3, -0.25) is 0 Å². The molecule has 0 saturated heterocycles. The highest BCUT2D eigenvalue weighted by atomic mass is 19.1. The van der Waals surface area contributed by atoms with Crippen LogP contribution in [0.25, 0.3) is 5.69 Å². The SMILES string of the molecule is COc1cc(-n2cc(F)cn2)cnn1. The van der Waals surface area contributed by atoms with Gasteiger partial charge in [-0.1, -0.05) is 0 Å². The number of hydrogen-bond acceptors (Lipinski definition) is 4. The zero-order valence-electron chi connectivity index (χ0n) is 7.38. The van der Waals surface area contributed by atoms with E-state index in [1.54, 1.807) is 6.07 Å². The normalized spacial score (nSPS) is 10.1. The maximum absolute atomic E-state index is 12.6. The van der Waals surface area contributed by atoms with Gasteiger partial charge in [0.05, 0.1) is 31.4 Å². The van der Waals surface area contributed by atoms with E-state index in [1.165, 1.54) is 24.2 Å². The Kier molecular flexibility index (Phi) is 2.10. The Morgan fingerprint density at radius 3 is 2.93 bits per heavy atom. The molecule has 0 spiro atoms. The summed E-state index contributed by atoms with van der Waals surface area (Å²) >= 11 is 0. The zero-order chi connectivity index (χ0) is 9.97. The molecule has 0 aliphatic carbocycles. The van der Waals surface area contributed by atoms with E-state index in [1.807, 2.05) is 0 Å². The summed E-state index contributed by atoms with van der Waals surface area (Å²) in [5, 5.41) is 11.1. The lowest BCUT2D eigenvalue weighted by molar-refractivity contribution is 0.391. The van der Waals surface area contributed by atoms with E-state index in [0.29, 0.717) is 11.6 Å². The fraction of sp³-hybridized carbons (Fsp3) is 0.125. The predicted molar refractivity (Wildman–Crippen MR) is 45.7 cm³/mol. The van der Waals surface area contributed by atoms with Crippen molar-refractivity contribution in [3.8, 4) is 11.6 Å². The van der Waals surface area contributed by atoms with Gasteiger partial charge in [-0.15, -0.1) is 5.10 Å². The number of hydrogen-bond donors (Lipinski definition) is 0. The molecule has 0 atom stereocenters. The fourth-order valence-corrected chi connectivity index (χ4v) is 1.00. The second kappa shape index (κ2) is 3.41. The van der Waals surface area contributed by atoms with Crippen molar-refractivity contribution in [1.29, 1.82) is 0 Å². The smallest absolute Gasteiger partial charge is 0.235 e. The van der Waals surface area contributed by atoms with Crippen LogP contribution in [-0.4, -0.2) is 27.1 Å². The van der Waals surface area contributed by atoms with Crippen LogP contribution < -0.4 is 4.74 Å². The first-order valence-electron chi connectivity index (χ1n) is 3.87. The maximum atomic E-state index is 12.6. The molecule has 6 heteroatoms. The summed E-state index contributed by atoms with van der Waals surface area (Å²) in [4.78, 5) is 0. The number of ether oxygens (including phenoxy) is 1. The van der Waals surface area contributed by atoms with Crippen LogP contribution in [0.2, 0.25) is 0 Å². The number of rotatable bonds is 2. The third kappa shape index (κ3) is 1.54. The zero-order valence-corrected chi connectivity index (χ0v) is 7.38. The summed E-state index contributed by atoms with van der Waals surface area (Å²) in [7, 11) is 1.48. The van der Waals surface area contributed by atoms with Crippen molar-refractivity contribution >= 4 is 0 Å². The van der Waals surface area contributed by atoms with Gasteiger partial charge in [0.25, 0.3) is 0 Å². The van der Waals surface area contributed by atoms with E-state index < -0.39 is 5.82 Å². The van der Waals surface area contributed by atoms with Gasteiger partial charge in [0.1, 0.15) is 0 Å². The molecule has 5 nitrogen and oxygen atoms in total. The predicted octanol–water partition coefficient (Wildman–Crippen LogP) is 0.810. The Hall–Kier alpha value is -1.98. The maximum Gasteiger partial charge on any atom is 0.235 e. The molecular weight excluding hydrogens is 187 g/mol. The van der Waals surface area contributed by atoms with E-state index in [0.717, 1.165) is 6.20 Å². The Morgan fingerprint density at radius 1 is 1.43 bits per heavy atom. The topological polar surface area (TPSA) is 52.8 Å². The van der Waals surface area contributed by atoms with E-state index in [4.69, 9.17) is 4.74 Å².